The molecule has 0 radical (unpaired) electrons. The van der Waals surface area contributed by atoms with Crippen LogP contribution in [0.2, 0.25) is 0 Å². The molecule has 1 unspecified atom stereocenters. The van der Waals surface area contributed by atoms with Crippen LogP contribution in [0.5, 0.6) is 0 Å². The maximum Gasteiger partial charge on any atom is 0.160 e. The van der Waals surface area contributed by atoms with Gasteiger partial charge in [-0.15, -0.1) is 0 Å². The zero-order chi connectivity index (χ0) is 14.1. The molecule has 0 amide bonds. The quantitative estimate of drug-likeness (QED) is 0.937. The minimum Gasteiger partial charge on any atom is -0.381 e. The standard InChI is InChI=1S/C16H22N4O/c1-2-14-16(18-6-1)20(10-12-3-7-17-8-4-12)15(19-14)13-5-9-21-11-13/h1-2,6,12-13,17H,3-5,7-11H2. The molecule has 0 aliphatic carbocycles. The molecule has 2 saturated heterocycles. The summed E-state index contributed by atoms with van der Waals surface area (Å²) in [6.45, 7) is 4.96. The van der Waals surface area contributed by atoms with Gasteiger partial charge in [0.05, 0.1) is 6.61 Å². The first kappa shape index (κ1) is 13.2. The predicted octanol–water partition coefficient (Wildman–Crippen LogP) is 1.93. The van der Waals surface area contributed by atoms with Gasteiger partial charge < -0.3 is 14.6 Å². The van der Waals surface area contributed by atoms with Crippen LogP contribution in [-0.4, -0.2) is 40.8 Å². The second-order valence-electron chi connectivity index (χ2n) is 6.18. The second-order valence-corrected chi connectivity index (χ2v) is 6.18. The summed E-state index contributed by atoms with van der Waals surface area (Å²) in [7, 11) is 0. The van der Waals surface area contributed by atoms with Crippen molar-refractivity contribution in [2.24, 2.45) is 5.92 Å². The Bertz CT molecular complexity index is 612. The Hall–Kier alpha value is -1.46. The SMILES string of the molecule is c1cnc2c(c1)nc(C1CCOC1)n2CC1CCNCC1. The first-order valence-corrected chi connectivity index (χ1v) is 8.01. The third-order valence-corrected chi connectivity index (χ3v) is 4.73. The smallest absolute Gasteiger partial charge is 0.160 e. The summed E-state index contributed by atoms with van der Waals surface area (Å²) in [5.41, 5.74) is 2.06. The van der Waals surface area contributed by atoms with Gasteiger partial charge in [0.1, 0.15) is 11.3 Å². The van der Waals surface area contributed by atoms with Crippen molar-refractivity contribution in [3.8, 4) is 0 Å². The number of nitrogens with zero attached hydrogens (tertiary/aromatic N) is 3. The molecule has 4 rings (SSSR count). The van der Waals surface area contributed by atoms with Crippen molar-refractivity contribution in [2.75, 3.05) is 26.3 Å². The lowest BCUT2D eigenvalue weighted by Gasteiger charge is -2.24. The molecule has 4 heterocycles. The van der Waals surface area contributed by atoms with Gasteiger partial charge in [0, 0.05) is 25.3 Å². The molecule has 2 aliphatic rings. The molecule has 2 aromatic rings. The molecular weight excluding hydrogens is 264 g/mol. The lowest BCUT2D eigenvalue weighted by molar-refractivity contribution is 0.192. The lowest BCUT2D eigenvalue weighted by Crippen LogP contribution is -2.30. The summed E-state index contributed by atoms with van der Waals surface area (Å²) < 4.78 is 7.93. The van der Waals surface area contributed by atoms with E-state index in [1.807, 2.05) is 12.3 Å². The van der Waals surface area contributed by atoms with E-state index in [-0.39, 0.29) is 0 Å². The zero-order valence-electron chi connectivity index (χ0n) is 12.3. The second kappa shape index (κ2) is 5.73. The lowest BCUT2D eigenvalue weighted by atomic mass is 9.97. The van der Waals surface area contributed by atoms with Crippen molar-refractivity contribution >= 4 is 11.2 Å². The minimum atomic E-state index is 0.431. The number of hydrogen-bond acceptors (Lipinski definition) is 4. The van der Waals surface area contributed by atoms with Gasteiger partial charge in [0.2, 0.25) is 0 Å². The van der Waals surface area contributed by atoms with E-state index >= 15 is 0 Å². The third kappa shape index (κ3) is 2.56. The molecule has 2 fully saturated rings. The van der Waals surface area contributed by atoms with Crippen LogP contribution in [0.1, 0.15) is 31.0 Å². The van der Waals surface area contributed by atoms with Crippen LogP contribution in [0.25, 0.3) is 11.2 Å². The van der Waals surface area contributed by atoms with Crippen molar-refractivity contribution in [3.05, 3.63) is 24.2 Å². The molecule has 2 aliphatic heterocycles. The van der Waals surface area contributed by atoms with Gasteiger partial charge >= 0.3 is 0 Å². The first-order valence-electron chi connectivity index (χ1n) is 8.01. The number of aromatic nitrogens is 3. The van der Waals surface area contributed by atoms with Crippen molar-refractivity contribution in [1.82, 2.24) is 19.9 Å². The average Bonchev–Trinajstić information content (AvgIpc) is 3.16. The van der Waals surface area contributed by atoms with E-state index in [4.69, 9.17) is 9.72 Å². The highest BCUT2D eigenvalue weighted by Crippen LogP contribution is 2.29. The number of rotatable bonds is 3. The Kier molecular flexibility index (Phi) is 3.61. The van der Waals surface area contributed by atoms with E-state index in [0.717, 1.165) is 56.4 Å². The topological polar surface area (TPSA) is 52.0 Å². The van der Waals surface area contributed by atoms with E-state index < -0.39 is 0 Å². The normalized spacial score (nSPS) is 23.9. The number of hydrogen-bond donors (Lipinski definition) is 1. The van der Waals surface area contributed by atoms with Gasteiger partial charge in [-0.2, -0.15) is 0 Å². The summed E-state index contributed by atoms with van der Waals surface area (Å²) in [5.74, 6) is 2.34. The maximum atomic E-state index is 5.57. The number of fused-ring (bicyclic) bond motifs is 1. The highest BCUT2D eigenvalue weighted by atomic mass is 16.5. The maximum absolute atomic E-state index is 5.57. The zero-order valence-corrected chi connectivity index (χ0v) is 12.3. The molecule has 1 atom stereocenters. The van der Waals surface area contributed by atoms with Crippen LogP contribution < -0.4 is 5.32 Å². The van der Waals surface area contributed by atoms with Gasteiger partial charge in [0.15, 0.2) is 5.65 Å². The molecule has 112 valence electrons. The number of piperidine rings is 1. The van der Waals surface area contributed by atoms with E-state index in [2.05, 4.69) is 20.9 Å². The summed E-state index contributed by atoms with van der Waals surface area (Å²) in [6, 6.07) is 4.04. The monoisotopic (exact) mass is 286 g/mol. The van der Waals surface area contributed by atoms with Gasteiger partial charge in [-0.3, -0.25) is 0 Å². The Morgan fingerprint density at radius 2 is 2.19 bits per heavy atom. The van der Waals surface area contributed by atoms with Gasteiger partial charge in [-0.1, -0.05) is 0 Å². The summed E-state index contributed by atoms with van der Waals surface area (Å²) in [6.07, 6.45) is 5.44. The molecule has 2 aromatic heterocycles. The fraction of sp³-hybridized carbons (Fsp3) is 0.625. The Morgan fingerprint density at radius 3 is 3.00 bits per heavy atom. The fourth-order valence-electron chi connectivity index (χ4n) is 3.53. The van der Waals surface area contributed by atoms with E-state index in [9.17, 15) is 0 Å². The van der Waals surface area contributed by atoms with Crippen LogP contribution in [0.3, 0.4) is 0 Å². The molecule has 0 aromatic carbocycles. The number of pyridine rings is 1. The van der Waals surface area contributed by atoms with E-state index in [1.54, 1.807) is 0 Å². The van der Waals surface area contributed by atoms with Crippen LogP contribution in [0.15, 0.2) is 18.3 Å². The van der Waals surface area contributed by atoms with Gasteiger partial charge in [-0.05, 0) is 50.4 Å². The molecular formula is C16H22N4O. The molecule has 21 heavy (non-hydrogen) atoms. The third-order valence-electron chi connectivity index (χ3n) is 4.73. The minimum absolute atomic E-state index is 0.431. The molecule has 5 heteroatoms. The number of imidazole rings is 1. The van der Waals surface area contributed by atoms with Crippen LogP contribution in [0.4, 0.5) is 0 Å². The molecule has 0 bridgehead atoms. The highest BCUT2D eigenvalue weighted by Gasteiger charge is 2.26. The Balaban J connectivity index is 1.70. The van der Waals surface area contributed by atoms with Crippen LogP contribution in [0, 0.1) is 5.92 Å². The predicted molar refractivity (Wildman–Crippen MR) is 81.3 cm³/mol. The van der Waals surface area contributed by atoms with Crippen molar-refractivity contribution < 1.29 is 4.74 Å². The molecule has 5 nitrogen and oxygen atoms in total. The van der Waals surface area contributed by atoms with Crippen molar-refractivity contribution in [1.29, 1.82) is 0 Å². The van der Waals surface area contributed by atoms with Crippen LogP contribution in [-0.2, 0) is 11.3 Å². The van der Waals surface area contributed by atoms with Gasteiger partial charge in [-0.25, -0.2) is 9.97 Å². The molecule has 0 saturated carbocycles. The summed E-state index contributed by atoms with van der Waals surface area (Å²) >= 11 is 0. The van der Waals surface area contributed by atoms with Crippen molar-refractivity contribution in [2.45, 2.75) is 31.7 Å². The largest absolute Gasteiger partial charge is 0.381 e. The van der Waals surface area contributed by atoms with Crippen molar-refractivity contribution in [3.63, 3.8) is 0 Å². The molecule has 0 spiro atoms. The summed E-state index contributed by atoms with van der Waals surface area (Å²) in [4.78, 5) is 9.45. The average molecular weight is 286 g/mol. The first-order chi connectivity index (χ1) is 10.4. The van der Waals surface area contributed by atoms with Crippen LogP contribution >= 0.6 is 0 Å². The Morgan fingerprint density at radius 1 is 1.29 bits per heavy atom. The molecule has 1 N–H and O–H groups in total. The highest BCUT2D eigenvalue weighted by molar-refractivity contribution is 5.71. The fourth-order valence-corrected chi connectivity index (χ4v) is 3.53. The summed E-state index contributed by atoms with van der Waals surface area (Å²) in [5, 5.41) is 3.44. The Labute approximate surface area is 124 Å². The van der Waals surface area contributed by atoms with E-state index in [0.29, 0.717) is 5.92 Å². The van der Waals surface area contributed by atoms with E-state index in [1.165, 1.54) is 18.7 Å². The number of nitrogens with one attached hydrogen (secondary N) is 1. The number of ether oxygens (including phenoxy) is 1. The van der Waals surface area contributed by atoms with Gasteiger partial charge in [0.25, 0.3) is 0 Å².